The molecule has 0 saturated heterocycles. The lowest BCUT2D eigenvalue weighted by atomic mass is 9.67. The fourth-order valence-electron chi connectivity index (χ4n) is 9.60. The summed E-state index contributed by atoms with van der Waals surface area (Å²) in [6, 6.07) is 13.2. The maximum absolute atomic E-state index is 14.5. The topological polar surface area (TPSA) is 138 Å². The molecule has 55 heavy (non-hydrogen) atoms. The van der Waals surface area contributed by atoms with Crippen LogP contribution in [0.3, 0.4) is 0 Å². The average Bonchev–Trinajstić information content (AvgIpc) is 3.98. The van der Waals surface area contributed by atoms with Crippen LogP contribution in [0, 0.1) is 18.3 Å². The summed E-state index contributed by atoms with van der Waals surface area (Å²) < 4.78 is 13.8. The Balaban J connectivity index is 1.24. The van der Waals surface area contributed by atoms with E-state index in [0.29, 0.717) is 35.4 Å². The summed E-state index contributed by atoms with van der Waals surface area (Å²) in [7, 11) is 0. The summed E-state index contributed by atoms with van der Waals surface area (Å²) >= 11 is 0. The predicted octanol–water partition coefficient (Wildman–Crippen LogP) is 8.57. The fourth-order valence-corrected chi connectivity index (χ4v) is 9.60. The molecule has 2 amide bonds. The molecular weight excluding hydrogens is 689 g/mol. The third kappa shape index (κ3) is 5.75. The molecule has 2 aromatic carbocycles. The van der Waals surface area contributed by atoms with Gasteiger partial charge in [-0.05, 0) is 85.4 Å². The lowest BCUT2D eigenvalue weighted by Crippen LogP contribution is -2.53. The second-order valence-corrected chi connectivity index (χ2v) is 16.7. The smallest absolute Gasteiger partial charge is 0.249 e. The van der Waals surface area contributed by atoms with E-state index in [1.54, 1.807) is 6.20 Å². The number of aromatic nitrogens is 3. The van der Waals surface area contributed by atoms with Crippen molar-refractivity contribution in [3.8, 4) is 22.9 Å². The van der Waals surface area contributed by atoms with Gasteiger partial charge in [-0.2, -0.15) is 0 Å². The van der Waals surface area contributed by atoms with Gasteiger partial charge >= 0.3 is 0 Å². The summed E-state index contributed by atoms with van der Waals surface area (Å²) in [5.41, 5.74) is 7.51. The Hall–Kier alpha value is -5.38. The molecule has 4 aliphatic rings. The highest BCUT2D eigenvalue weighted by molar-refractivity contribution is 5.90. The van der Waals surface area contributed by atoms with Gasteiger partial charge in [-0.1, -0.05) is 82.5 Å². The Morgan fingerprint density at radius 3 is 2.67 bits per heavy atom. The Labute approximate surface area is 322 Å². The van der Waals surface area contributed by atoms with Crippen molar-refractivity contribution in [1.82, 2.24) is 25.6 Å². The number of amides is 2. The predicted molar refractivity (Wildman–Crippen MR) is 212 cm³/mol. The third-order valence-corrected chi connectivity index (χ3v) is 12.7. The first-order chi connectivity index (χ1) is 26.6. The molecule has 284 valence electrons. The molecule has 4 bridgehead atoms. The largest absolute Gasteiger partial charge is 0.441 e. The first-order valence-electron chi connectivity index (χ1n) is 20.0. The normalized spacial score (nSPS) is 24.0. The number of aromatic amines is 1. The number of hydrogen-bond donors (Lipinski definition) is 4. The van der Waals surface area contributed by atoms with E-state index >= 15 is 0 Å². The molecule has 4 N–H and O–H groups in total. The molecule has 4 atom stereocenters. The van der Waals surface area contributed by atoms with Crippen LogP contribution in [0.25, 0.3) is 29.0 Å². The van der Waals surface area contributed by atoms with Crippen molar-refractivity contribution < 1.29 is 18.4 Å². The number of hydrogen-bond acceptors (Lipinski definition) is 7. The standard InChI is InChI=1S/C45H50N6O4/c1-25(2)37-42-51-38(41-47-24-36(54-41)30-23-46-33-15-9-7-13-29(30)33)39(55-42)45(27(4)48-34-16-10-8-14-31(34)45)32-21-28(18-17-26(32)3)22-35(40(52)50-37)49-43(53)44(5)19-11-6-12-20-44/h8-10,14-18,21,23-25,27,35,37,46,48H,6-7,11-13,19-20,22H2,1-5H3,(H,49,53)(H,50,52)/t27?,35-,37-,45?/m0/s1. The van der Waals surface area contributed by atoms with Crippen molar-refractivity contribution in [3.63, 3.8) is 0 Å². The van der Waals surface area contributed by atoms with Gasteiger partial charge in [0.05, 0.1) is 6.20 Å². The summed E-state index contributed by atoms with van der Waals surface area (Å²) in [5, 5.41) is 10.3. The second kappa shape index (κ2) is 13.4. The van der Waals surface area contributed by atoms with Gasteiger partial charge in [0.1, 0.15) is 17.5 Å². The van der Waals surface area contributed by atoms with Crippen LogP contribution in [0.2, 0.25) is 0 Å². The van der Waals surface area contributed by atoms with Crippen LogP contribution in [0.1, 0.15) is 117 Å². The number of nitrogens with zero attached hydrogens (tertiary/aromatic N) is 2. The number of para-hydroxylation sites is 1. The van der Waals surface area contributed by atoms with Gasteiger partial charge in [-0.3, -0.25) is 9.59 Å². The summed E-state index contributed by atoms with van der Waals surface area (Å²) in [4.78, 5) is 42.0. The molecule has 0 radical (unpaired) electrons. The van der Waals surface area contributed by atoms with Crippen molar-refractivity contribution in [2.24, 2.45) is 11.3 Å². The molecule has 5 heterocycles. The van der Waals surface area contributed by atoms with Crippen LogP contribution in [-0.4, -0.2) is 38.8 Å². The number of benzene rings is 2. The zero-order valence-electron chi connectivity index (χ0n) is 32.3. The van der Waals surface area contributed by atoms with Gasteiger partial charge in [0.15, 0.2) is 17.2 Å². The first-order valence-corrected chi connectivity index (χ1v) is 20.0. The quantitative estimate of drug-likeness (QED) is 0.142. The third-order valence-electron chi connectivity index (χ3n) is 12.7. The fraction of sp³-hybridized carbons (Fsp3) is 0.422. The Bertz CT molecular complexity index is 2320. The first kappa shape index (κ1) is 35.3. The maximum atomic E-state index is 14.5. The van der Waals surface area contributed by atoms with Crippen LogP contribution in [0.4, 0.5) is 5.69 Å². The highest BCUT2D eigenvalue weighted by atomic mass is 16.4. The van der Waals surface area contributed by atoms with Gasteiger partial charge in [-0.25, -0.2) is 9.97 Å². The number of aryl methyl sites for hydroxylation is 1. The zero-order valence-corrected chi connectivity index (χ0v) is 32.3. The van der Waals surface area contributed by atoms with E-state index in [9.17, 15) is 9.59 Å². The van der Waals surface area contributed by atoms with E-state index in [2.05, 4.69) is 83.3 Å². The maximum Gasteiger partial charge on any atom is 0.249 e. The highest BCUT2D eigenvalue weighted by Gasteiger charge is 2.54. The average molecular weight is 739 g/mol. The Kier molecular flexibility index (Phi) is 8.62. The van der Waals surface area contributed by atoms with Crippen LogP contribution in [0.15, 0.2) is 69.8 Å². The summed E-state index contributed by atoms with van der Waals surface area (Å²) in [6.07, 6.45) is 15.1. The molecule has 1 saturated carbocycles. The minimum absolute atomic E-state index is 0.0630. The molecule has 9 rings (SSSR count). The van der Waals surface area contributed by atoms with Crippen LogP contribution in [0.5, 0.6) is 0 Å². The molecule has 2 unspecified atom stereocenters. The lowest BCUT2D eigenvalue weighted by Gasteiger charge is -2.36. The van der Waals surface area contributed by atoms with Gasteiger partial charge in [-0.15, -0.1) is 0 Å². The molecule has 2 aliphatic carbocycles. The lowest BCUT2D eigenvalue weighted by molar-refractivity contribution is -0.136. The van der Waals surface area contributed by atoms with Crippen LogP contribution >= 0.6 is 0 Å². The van der Waals surface area contributed by atoms with Gasteiger partial charge in [0.2, 0.25) is 23.6 Å². The monoisotopic (exact) mass is 738 g/mol. The van der Waals surface area contributed by atoms with Gasteiger partial charge in [0, 0.05) is 41.0 Å². The van der Waals surface area contributed by atoms with Crippen molar-refractivity contribution in [2.45, 2.75) is 110 Å². The number of oxazole rings is 2. The van der Waals surface area contributed by atoms with Crippen molar-refractivity contribution in [1.29, 1.82) is 0 Å². The van der Waals surface area contributed by atoms with Gasteiger partial charge in [0.25, 0.3) is 0 Å². The highest BCUT2D eigenvalue weighted by Crippen LogP contribution is 2.54. The summed E-state index contributed by atoms with van der Waals surface area (Å²) in [6.45, 7) is 10.4. The number of nitrogens with one attached hydrogen (secondary N) is 4. The Morgan fingerprint density at radius 2 is 1.85 bits per heavy atom. The number of fused-ring (bicyclic) bond motifs is 9. The van der Waals surface area contributed by atoms with E-state index < -0.39 is 22.9 Å². The van der Waals surface area contributed by atoms with Crippen molar-refractivity contribution >= 4 is 23.6 Å². The van der Waals surface area contributed by atoms with Crippen molar-refractivity contribution in [2.75, 3.05) is 5.32 Å². The second-order valence-electron chi connectivity index (χ2n) is 16.7. The van der Waals surface area contributed by atoms with E-state index in [4.69, 9.17) is 18.8 Å². The minimum atomic E-state index is -0.858. The molecule has 10 heteroatoms. The van der Waals surface area contributed by atoms with E-state index in [0.717, 1.165) is 84.1 Å². The van der Waals surface area contributed by atoms with E-state index in [1.807, 2.05) is 33.0 Å². The SMILES string of the molecule is Cc1ccc2cc1C1(c3ccccc3NC1C)c1oc(nc1-c1ncc(-c3c[nH]c4c3CCC=C4)o1)[C@H](C(C)C)NC(=O)[C@@H](NC(=O)C1(C)CCCCC1)C2. The number of H-pyrrole nitrogens is 1. The zero-order chi connectivity index (χ0) is 38.1. The van der Waals surface area contributed by atoms with Gasteiger partial charge < -0.3 is 29.8 Å². The molecule has 1 fully saturated rings. The molecule has 10 nitrogen and oxygen atoms in total. The Morgan fingerprint density at radius 1 is 1.04 bits per heavy atom. The molecule has 1 spiro atoms. The number of allylic oxidation sites excluding steroid dienone is 1. The number of rotatable bonds is 5. The van der Waals surface area contributed by atoms with E-state index in [1.165, 1.54) is 5.56 Å². The molecule has 5 aromatic rings. The van der Waals surface area contributed by atoms with Crippen LogP contribution < -0.4 is 16.0 Å². The molecular formula is C45H50N6O4. The number of carbonyl (C=O) groups excluding carboxylic acids is 2. The van der Waals surface area contributed by atoms with Crippen molar-refractivity contribution in [3.05, 3.63) is 106 Å². The minimum Gasteiger partial charge on any atom is -0.441 e. The molecule has 3 aromatic heterocycles. The molecule has 2 aliphatic heterocycles. The number of carbonyl (C=O) groups is 2. The number of anilines is 1. The van der Waals surface area contributed by atoms with E-state index in [-0.39, 0.29) is 23.8 Å². The van der Waals surface area contributed by atoms with Crippen LogP contribution in [-0.2, 0) is 27.8 Å². The summed E-state index contributed by atoms with van der Waals surface area (Å²) in [5.74, 6) is 1.55.